The predicted molar refractivity (Wildman–Crippen MR) is 55.4 cm³/mol. The predicted octanol–water partition coefficient (Wildman–Crippen LogP) is 0.384. The van der Waals surface area contributed by atoms with Crippen LogP contribution in [0.2, 0.25) is 0 Å². The summed E-state index contributed by atoms with van der Waals surface area (Å²) in [6.45, 7) is 0. The third-order valence-corrected chi connectivity index (χ3v) is 3.78. The second-order valence-corrected chi connectivity index (χ2v) is 4.68. The fourth-order valence-electron chi connectivity index (χ4n) is 3.00. The zero-order chi connectivity index (χ0) is 11.4. The number of tetrazole rings is 1. The van der Waals surface area contributed by atoms with E-state index in [0.717, 1.165) is 31.4 Å². The molecule has 2 aromatic rings. The van der Waals surface area contributed by atoms with E-state index in [-0.39, 0.29) is 17.6 Å². The molecular weight excluding hydrogens is 220 g/mol. The van der Waals surface area contributed by atoms with Gasteiger partial charge in [0, 0.05) is 11.8 Å². The molecule has 0 saturated heterocycles. The third-order valence-electron chi connectivity index (χ3n) is 3.78. The normalized spacial score (nSPS) is 27.2. The average molecular weight is 230 g/mol. The molecule has 0 bridgehead atoms. The van der Waals surface area contributed by atoms with Gasteiger partial charge in [0.2, 0.25) is 0 Å². The first-order valence-electron chi connectivity index (χ1n) is 5.85. The average Bonchev–Trinajstić information content (AvgIpc) is 2.92. The fraction of sp³-hybridized carbons (Fsp3) is 0.600. The van der Waals surface area contributed by atoms with Gasteiger partial charge in [-0.2, -0.15) is 0 Å². The number of hydrogen-bond acceptors (Lipinski definition) is 6. The van der Waals surface area contributed by atoms with Crippen molar-refractivity contribution in [3.05, 3.63) is 11.4 Å². The van der Waals surface area contributed by atoms with Crippen LogP contribution in [0.4, 0.5) is 0 Å². The lowest BCUT2D eigenvalue weighted by Crippen LogP contribution is -2.18. The maximum Gasteiger partial charge on any atom is 0.291 e. The van der Waals surface area contributed by atoms with Crippen molar-refractivity contribution in [2.45, 2.75) is 31.6 Å². The summed E-state index contributed by atoms with van der Waals surface area (Å²) in [5.74, 6) is 0.816. The highest BCUT2D eigenvalue weighted by atomic mass is 16.1. The van der Waals surface area contributed by atoms with Crippen molar-refractivity contribution < 1.29 is 4.79 Å². The molecule has 0 spiro atoms. The Labute approximate surface area is 96.2 Å². The van der Waals surface area contributed by atoms with E-state index < -0.39 is 0 Å². The van der Waals surface area contributed by atoms with Crippen molar-refractivity contribution in [1.82, 2.24) is 30.2 Å². The van der Waals surface area contributed by atoms with E-state index in [9.17, 15) is 4.79 Å². The van der Waals surface area contributed by atoms with Crippen LogP contribution in [0, 0.1) is 5.92 Å². The van der Waals surface area contributed by atoms with E-state index in [1.807, 2.05) is 0 Å². The first-order chi connectivity index (χ1) is 8.34. The highest BCUT2D eigenvalue weighted by Crippen LogP contribution is 2.44. The van der Waals surface area contributed by atoms with Gasteiger partial charge in [0.05, 0.1) is 5.69 Å². The summed E-state index contributed by atoms with van der Waals surface area (Å²) in [6.07, 6.45) is 4.26. The van der Waals surface area contributed by atoms with Crippen LogP contribution in [0.5, 0.6) is 0 Å². The first-order valence-corrected chi connectivity index (χ1v) is 5.85. The lowest BCUT2D eigenvalue weighted by atomic mass is 9.80. The van der Waals surface area contributed by atoms with E-state index in [4.69, 9.17) is 0 Å². The van der Waals surface area contributed by atoms with Crippen molar-refractivity contribution in [1.29, 1.82) is 0 Å². The Kier molecular flexibility index (Phi) is 1.64. The number of aromatic nitrogens is 6. The molecule has 0 aliphatic heterocycles. The van der Waals surface area contributed by atoms with E-state index in [0.29, 0.717) is 11.5 Å². The Morgan fingerprint density at radius 2 is 2.00 bits per heavy atom. The van der Waals surface area contributed by atoms with Crippen molar-refractivity contribution >= 4 is 11.6 Å². The molecule has 0 radical (unpaired) electrons. The van der Waals surface area contributed by atoms with Gasteiger partial charge in [-0.1, -0.05) is 22.6 Å². The van der Waals surface area contributed by atoms with E-state index in [2.05, 4.69) is 25.6 Å². The minimum atomic E-state index is 0.0822. The van der Waals surface area contributed by atoms with Gasteiger partial charge in [-0.15, -0.1) is 5.10 Å². The Morgan fingerprint density at radius 3 is 2.88 bits per heavy atom. The number of hydrogen-bond donors (Lipinski definition) is 0. The topological polar surface area (TPSA) is 85.9 Å². The molecule has 1 saturated carbocycles. The quantitative estimate of drug-likeness (QED) is 0.650. The molecule has 0 aromatic carbocycles. The van der Waals surface area contributed by atoms with Gasteiger partial charge < -0.3 is 0 Å². The number of nitrogens with zero attached hydrogens (tertiary/aromatic N) is 6. The van der Waals surface area contributed by atoms with Crippen LogP contribution in [0.3, 0.4) is 0 Å². The molecule has 2 atom stereocenters. The molecular formula is C10H10N6O. The maximum atomic E-state index is 12.2. The number of carbonyl (C=O) groups is 1. The lowest BCUT2D eigenvalue weighted by molar-refractivity contribution is 0.0892. The van der Waals surface area contributed by atoms with E-state index in [1.165, 1.54) is 4.63 Å². The second-order valence-electron chi connectivity index (χ2n) is 4.68. The van der Waals surface area contributed by atoms with Crippen LogP contribution in [0.25, 0.3) is 5.78 Å². The number of carbonyl (C=O) groups excluding carboxylic acids is 1. The van der Waals surface area contributed by atoms with Crippen LogP contribution in [0.15, 0.2) is 0 Å². The van der Waals surface area contributed by atoms with E-state index >= 15 is 0 Å². The SMILES string of the molecule is O=C1c2nn3nnnc3nc2C2CCCCC12. The minimum Gasteiger partial charge on any atom is -0.292 e. The Morgan fingerprint density at radius 1 is 1.18 bits per heavy atom. The van der Waals surface area contributed by atoms with Gasteiger partial charge in [0.1, 0.15) is 0 Å². The Bertz CT molecular complexity index is 620. The second kappa shape index (κ2) is 3.06. The summed E-state index contributed by atoms with van der Waals surface area (Å²) in [5.41, 5.74) is 1.28. The van der Waals surface area contributed by atoms with Gasteiger partial charge in [-0.05, 0) is 23.3 Å². The molecule has 2 unspecified atom stereocenters. The maximum absolute atomic E-state index is 12.2. The van der Waals surface area contributed by atoms with Gasteiger partial charge in [-0.3, -0.25) is 4.79 Å². The Hall–Kier alpha value is -1.92. The summed E-state index contributed by atoms with van der Waals surface area (Å²) in [4.78, 5) is 16.6. The molecule has 7 heteroatoms. The molecule has 4 rings (SSSR count). The van der Waals surface area contributed by atoms with Crippen LogP contribution in [0.1, 0.15) is 47.8 Å². The minimum absolute atomic E-state index is 0.0822. The number of rotatable bonds is 0. The van der Waals surface area contributed by atoms with Crippen molar-refractivity contribution in [2.24, 2.45) is 5.92 Å². The first kappa shape index (κ1) is 9.15. The highest BCUT2D eigenvalue weighted by Gasteiger charge is 2.43. The van der Waals surface area contributed by atoms with Crippen LogP contribution in [-0.4, -0.2) is 36.0 Å². The molecule has 86 valence electrons. The van der Waals surface area contributed by atoms with Gasteiger partial charge in [0.15, 0.2) is 11.5 Å². The molecule has 7 nitrogen and oxygen atoms in total. The van der Waals surface area contributed by atoms with Crippen LogP contribution < -0.4 is 0 Å². The van der Waals surface area contributed by atoms with Gasteiger partial charge in [-0.25, -0.2) is 4.98 Å². The fourth-order valence-corrected chi connectivity index (χ4v) is 3.00. The molecule has 0 amide bonds. The molecule has 1 fully saturated rings. The molecule has 2 aromatic heterocycles. The van der Waals surface area contributed by atoms with Crippen molar-refractivity contribution in [3.8, 4) is 0 Å². The number of Topliss-reactive ketones (excluding diaryl/α,β-unsaturated/α-hetero) is 1. The highest BCUT2D eigenvalue weighted by molar-refractivity contribution is 6.01. The Balaban J connectivity index is 1.96. The molecule has 0 N–H and O–H groups in total. The van der Waals surface area contributed by atoms with Crippen molar-refractivity contribution in [2.75, 3.05) is 0 Å². The summed E-state index contributed by atoms with van der Waals surface area (Å²) < 4.78 is 1.23. The summed E-state index contributed by atoms with van der Waals surface area (Å²) in [6, 6.07) is 0. The lowest BCUT2D eigenvalue weighted by Gasteiger charge is -2.22. The molecule has 2 aliphatic carbocycles. The zero-order valence-corrected chi connectivity index (χ0v) is 9.07. The van der Waals surface area contributed by atoms with Crippen LogP contribution >= 0.6 is 0 Å². The van der Waals surface area contributed by atoms with Crippen LogP contribution in [-0.2, 0) is 0 Å². The zero-order valence-electron chi connectivity index (χ0n) is 9.07. The smallest absolute Gasteiger partial charge is 0.291 e. The summed E-state index contributed by atoms with van der Waals surface area (Å²) in [7, 11) is 0. The van der Waals surface area contributed by atoms with Gasteiger partial charge in [0.25, 0.3) is 5.78 Å². The third kappa shape index (κ3) is 1.11. The molecule has 2 heterocycles. The molecule has 17 heavy (non-hydrogen) atoms. The summed E-state index contributed by atoms with van der Waals surface area (Å²) in [5, 5.41) is 15.1. The van der Waals surface area contributed by atoms with Gasteiger partial charge >= 0.3 is 0 Å². The monoisotopic (exact) mass is 230 g/mol. The number of fused-ring (bicyclic) bond motifs is 4. The van der Waals surface area contributed by atoms with E-state index in [1.54, 1.807) is 0 Å². The van der Waals surface area contributed by atoms with Crippen molar-refractivity contribution in [3.63, 3.8) is 0 Å². The number of ketones is 1. The summed E-state index contributed by atoms with van der Waals surface area (Å²) >= 11 is 0. The standard InChI is InChI=1S/C10H10N6O/c17-9-6-4-2-1-3-5(6)7-8(9)13-16-10(11-7)12-14-15-16/h5-6H,1-4H2. The molecule has 2 aliphatic rings. The largest absolute Gasteiger partial charge is 0.292 e.